The van der Waals surface area contributed by atoms with Gasteiger partial charge in [0, 0.05) is 18.0 Å². The van der Waals surface area contributed by atoms with Gasteiger partial charge in [0.2, 0.25) is 0 Å². The molecular weight excluding hydrogens is 218 g/mol. The van der Waals surface area contributed by atoms with Gasteiger partial charge in [-0.3, -0.25) is 4.98 Å². The molecule has 0 amide bonds. The molecule has 0 fully saturated rings. The van der Waals surface area contributed by atoms with Crippen LogP contribution >= 0.6 is 15.9 Å². The molecule has 0 aliphatic rings. The van der Waals surface area contributed by atoms with Gasteiger partial charge in [0.15, 0.2) is 4.67 Å². The molecule has 0 N–H and O–H groups in total. The van der Waals surface area contributed by atoms with Crippen molar-refractivity contribution in [2.45, 2.75) is 0 Å². The summed E-state index contributed by atoms with van der Waals surface area (Å²) >= 11 is 3.25. The minimum atomic E-state index is 0.745. The first-order valence-electron chi connectivity index (χ1n) is 3.52. The molecule has 0 unspecified atom stereocenters. The monoisotopic (exact) mass is 223 g/mol. The lowest BCUT2D eigenvalue weighted by atomic mass is 10.2. The standard InChI is InChI=1S/C9H6BrNO/c10-9-2-1-8(12-9)7-3-5-11-6-4-7/h1-6H. The van der Waals surface area contributed by atoms with Crippen LogP contribution in [0.15, 0.2) is 45.7 Å². The molecule has 0 aromatic carbocycles. The van der Waals surface area contributed by atoms with Gasteiger partial charge in [0.1, 0.15) is 5.76 Å². The number of pyridine rings is 1. The normalized spacial score (nSPS) is 10.1. The predicted molar refractivity (Wildman–Crippen MR) is 49.6 cm³/mol. The van der Waals surface area contributed by atoms with E-state index < -0.39 is 0 Å². The lowest BCUT2D eigenvalue weighted by Gasteiger charge is -1.92. The highest BCUT2D eigenvalue weighted by atomic mass is 79.9. The van der Waals surface area contributed by atoms with Gasteiger partial charge >= 0.3 is 0 Å². The first-order valence-corrected chi connectivity index (χ1v) is 4.31. The molecule has 2 aromatic rings. The van der Waals surface area contributed by atoms with Crippen LogP contribution in [0.3, 0.4) is 0 Å². The number of halogens is 1. The Hall–Kier alpha value is -1.09. The molecule has 0 aliphatic heterocycles. The smallest absolute Gasteiger partial charge is 0.169 e. The molecule has 0 aliphatic carbocycles. The number of aromatic nitrogens is 1. The maximum absolute atomic E-state index is 5.36. The van der Waals surface area contributed by atoms with E-state index in [1.165, 1.54) is 0 Å². The Morgan fingerprint density at radius 3 is 2.42 bits per heavy atom. The lowest BCUT2D eigenvalue weighted by Crippen LogP contribution is -1.72. The third-order valence-electron chi connectivity index (χ3n) is 1.54. The third kappa shape index (κ3) is 1.41. The Morgan fingerprint density at radius 1 is 1.08 bits per heavy atom. The van der Waals surface area contributed by atoms with E-state index in [0.717, 1.165) is 16.0 Å². The summed E-state index contributed by atoms with van der Waals surface area (Å²) in [4.78, 5) is 3.92. The fraction of sp³-hybridized carbons (Fsp3) is 0. The number of furan rings is 1. The zero-order valence-corrected chi connectivity index (χ0v) is 7.78. The molecular formula is C9H6BrNO. The molecule has 0 radical (unpaired) electrons. The maximum Gasteiger partial charge on any atom is 0.169 e. The summed E-state index contributed by atoms with van der Waals surface area (Å²) in [6.07, 6.45) is 3.48. The Morgan fingerprint density at radius 2 is 1.83 bits per heavy atom. The quantitative estimate of drug-likeness (QED) is 0.743. The summed E-state index contributed by atoms with van der Waals surface area (Å²) in [5.41, 5.74) is 1.04. The summed E-state index contributed by atoms with van der Waals surface area (Å²) < 4.78 is 6.10. The highest BCUT2D eigenvalue weighted by Crippen LogP contribution is 2.23. The van der Waals surface area contributed by atoms with E-state index in [0.29, 0.717) is 0 Å². The summed E-state index contributed by atoms with van der Waals surface area (Å²) in [6, 6.07) is 7.60. The van der Waals surface area contributed by atoms with E-state index in [9.17, 15) is 0 Å². The number of hydrogen-bond acceptors (Lipinski definition) is 2. The second-order valence-electron chi connectivity index (χ2n) is 2.34. The van der Waals surface area contributed by atoms with E-state index in [1.54, 1.807) is 12.4 Å². The van der Waals surface area contributed by atoms with Gasteiger partial charge in [-0.25, -0.2) is 0 Å². The van der Waals surface area contributed by atoms with Gasteiger partial charge in [-0.05, 0) is 40.2 Å². The van der Waals surface area contributed by atoms with Crippen molar-refractivity contribution in [3.63, 3.8) is 0 Å². The summed E-state index contributed by atoms with van der Waals surface area (Å²) in [5.74, 6) is 0.851. The van der Waals surface area contributed by atoms with Crippen molar-refractivity contribution in [3.05, 3.63) is 41.3 Å². The van der Waals surface area contributed by atoms with Crippen molar-refractivity contribution in [1.82, 2.24) is 4.98 Å². The second kappa shape index (κ2) is 3.11. The lowest BCUT2D eigenvalue weighted by molar-refractivity contribution is 0.556. The van der Waals surface area contributed by atoms with E-state index in [4.69, 9.17) is 4.42 Å². The summed E-state index contributed by atoms with van der Waals surface area (Å²) in [7, 11) is 0. The van der Waals surface area contributed by atoms with Crippen LogP contribution in [0.5, 0.6) is 0 Å². The van der Waals surface area contributed by atoms with Crippen LogP contribution < -0.4 is 0 Å². The first kappa shape index (κ1) is 7.55. The van der Waals surface area contributed by atoms with E-state index in [1.807, 2.05) is 24.3 Å². The molecule has 60 valence electrons. The van der Waals surface area contributed by atoms with Crippen LogP contribution in [0.4, 0.5) is 0 Å². The van der Waals surface area contributed by atoms with Gasteiger partial charge in [-0.15, -0.1) is 0 Å². The molecule has 2 aromatic heterocycles. The molecule has 0 atom stereocenters. The fourth-order valence-electron chi connectivity index (χ4n) is 0.986. The fourth-order valence-corrected chi connectivity index (χ4v) is 1.29. The highest BCUT2D eigenvalue weighted by molar-refractivity contribution is 9.10. The number of nitrogens with zero attached hydrogens (tertiary/aromatic N) is 1. The number of rotatable bonds is 1. The van der Waals surface area contributed by atoms with Gasteiger partial charge in [-0.2, -0.15) is 0 Å². The Labute approximate surface area is 78.4 Å². The maximum atomic E-state index is 5.36. The minimum Gasteiger partial charge on any atom is -0.449 e. The highest BCUT2D eigenvalue weighted by Gasteiger charge is 2.00. The molecule has 0 bridgehead atoms. The van der Waals surface area contributed by atoms with E-state index >= 15 is 0 Å². The van der Waals surface area contributed by atoms with Gasteiger partial charge in [0.05, 0.1) is 0 Å². The van der Waals surface area contributed by atoms with E-state index in [2.05, 4.69) is 20.9 Å². The van der Waals surface area contributed by atoms with E-state index in [-0.39, 0.29) is 0 Å². The Balaban J connectivity index is 2.45. The van der Waals surface area contributed by atoms with Crippen LogP contribution in [0, 0.1) is 0 Å². The molecule has 0 spiro atoms. The van der Waals surface area contributed by atoms with Crippen molar-refractivity contribution in [2.75, 3.05) is 0 Å². The van der Waals surface area contributed by atoms with Crippen molar-refractivity contribution < 1.29 is 4.42 Å². The Bertz CT molecular complexity index is 369. The number of hydrogen-bond donors (Lipinski definition) is 0. The van der Waals surface area contributed by atoms with Gasteiger partial charge in [-0.1, -0.05) is 0 Å². The van der Waals surface area contributed by atoms with Gasteiger partial charge < -0.3 is 4.42 Å². The third-order valence-corrected chi connectivity index (χ3v) is 1.96. The average molecular weight is 224 g/mol. The second-order valence-corrected chi connectivity index (χ2v) is 3.12. The first-order chi connectivity index (χ1) is 5.86. The topological polar surface area (TPSA) is 26.0 Å². The molecule has 2 rings (SSSR count). The van der Waals surface area contributed by atoms with Gasteiger partial charge in [0.25, 0.3) is 0 Å². The largest absolute Gasteiger partial charge is 0.449 e. The zero-order valence-electron chi connectivity index (χ0n) is 6.20. The van der Waals surface area contributed by atoms with Crippen LogP contribution in [0.1, 0.15) is 0 Å². The van der Waals surface area contributed by atoms with Crippen LogP contribution in [0.25, 0.3) is 11.3 Å². The Kier molecular flexibility index (Phi) is 1.96. The molecule has 2 nitrogen and oxygen atoms in total. The molecule has 12 heavy (non-hydrogen) atoms. The van der Waals surface area contributed by atoms with Crippen LogP contribution in [-0.4, -0.2) is 4.98 Å². The minimum absolute atomic E-state index is 0.745. The van der Waals surface area contributed by atoms with Crippen molar-refractivity contribution in [1.29, 1.82) is 0 Å². The predicted octanol–water partition coefficient (Wildman–Crippen LogP) is 3.10. The summed E-state index contributed by atoms with van der Waals surface area (Å²) in [5, 5.41) is 0. The molecule has 0 saturated heterocycles. The zero-order chi connectivity index (χ0) is 8.39. The SMILES string of the molecule is Brc1ccc(-c2ccncc2)o1. The van der Waals surface area contributed by atoms with Crippen LogP contribution in [-0.2, 0) is 0 Å². The van der Waals surface area contributed by atoms with Crippen molar-refractivity contribution >= 4 is 15.9 Å². The average Bonchev–Trinajstić information content (AvgIpc) is 2.54. The molecule has 3 heteroatoms. The van der Waals surface area contributed by atoms with Crippen molar-refractivity contribution in [3.8, 4) is 11.3 Å². The summed E-state index contributed by atoms with van der Waals surface area (Å²) in [6.45, 7) is 0. The van der Waals surface area contributed by atoms with Crippen LogP contribution in [0.2, 0.25) is 0 Å². The molecule has 0 saturated carbocycles. The van der Waals surface area contributed by atoms with Crippen molar-refractivity contribution in [2.24, 2.45) is 0 Å². The molecule has 2 heterocycles.